The first kappa shape index (κ1) is 32.4. The summed E-state index contributed by atoms with van der Waals surface area (Å²) in [6.07, 6.45) is 20.9. The van der Waals surface area contributed by atoms with E-state index in [9.17, 15) is 14.4 Å². The van der Waals surface area contributed by atoms with Gasteiger partial charge in [0.2, 0.25) is 5.91 Å². The Kier molecular flexibility index (Phi) is 17.6. The third-order valence-corrected chi connectivity index (χ3v) is 7.59. The number of amides is 1. The van der Waals surface area contributed by atoms with Gasteiger partial charge in [-0.3, -0.25) is 14.4 Å². The molecule has 0 bridgehead atoms. The molecule has 2 N–H and O–H groups in total. The van der Waals surface area contributed by atoms with Crippen molar-refractivity contribution in [1.82, 2.24) is 0 Å². The summed E-state index contributed by atoms with van der Waals surface area (Å²) in [6.45, 7) is 7.82. The topological polar surface area (TPSA) is 95.7 Å². The van der Waals surface area contributed by atoms with Gasteiger partial charge in [-0.1, -0.05) is 118 Å². The Hall–Kier alpha value is -1.59. The van der Waals surface area contributed by atoms with Crippen LogP contribution in [0, 0.1) is 17.8 Å². The van der Waals surface area contributed by atoms with Crippen LogP contribution in [0.15, 0.2) is 0 Å². The fourth-order valence-electron chi connectivity index (χ4n) is 5.22. The number of hydrogen-bond acceptors (Lipinski definition) is 5. The summed E-state index contributed by atoms with van der Waals surface area (Å²) >= 11 is 0. The van der Waals surface area contributed by atoms with Gasteiger partial charge >= 0.3 is 11.9 Å². The Morgan fingerprint density at radius 2 is 1.31 bits per heavy atom. The van der Waals surface area contributed by atoms with E-state index < -0.39 is 17.8 Å². The molecule has 4 atom stereocenters. The van der Waals surface area contributed by atoms with Crippen molar-refractivity contribution < 1.29 is 23.9 Å². The standard InChI is InChI=1S/C30H55NO5/c1-5-7-8-9-10-11-12-13-14-15-16-17-18-19-20-21-24(22-26-25(6-2)29(33)36-26)35-30(34)27(23(3)4)28(31)32/h23-27H,5-22H2,1-4H3,(H2,31,32)/t24-,25-,26-,27-/m0/s1. The summed E-state index contributed by atoms with van der Waals surface area (Å²) in [5, 5.41) is 0. The highest BCUT2D eigenvalue weighted by molar-refractivity contribution is 5.97. The van der Waals surface area contributed by atoms with Gasteiger partial charge in [-0.2, -0.15) is 0 Å². The van der Waals surface area contributed by atoms with Crippen molar-refractivity contribution in [2.24, 2.45) is 23.5 Å². The van der Waals surface area contributed by atoms with E-state index in [0.717, 1.165) is 25.7 Å². The van der Waals surface area contributed by atoms with Gasteiger partial charge in [0.05, 0.1) is 5.92 Å². The Bertz CT molecular complexity index is 620. The Labute approximate surface area is 220 Å². The molecule has 6 heteroatoms. The minimum absolute atomic E-state index is 0.121. The van der Waals surface area contributed by atoms with Crippen LogP contribution in [0.5, 0.6) is 0 Å². The summed E-state index contributed by atoms with van der Waals surface area (Å²) < 4.78 is 11.1. The molecule has 36 heavy (non-hydrogen) atoms. The summed E-state index contributed by atoms with van der Waals surface area (Å²) in [5.41, 5.74) is 5.44. The Balaban J connectivity index is 2.25. The van der Waals surface area contributed by atoms with E-state index in [1.54, 1.807) is 13.8 Å². The molecule has 1 aliphatic rings. The van der Waals surface area contributed by atoms with Crippen LogP contribution in [0.3, 0.4) is 0 Å². The number of carbonyl (C=O) groups excluding carboxylic acids is 3. The predicted molar refractivity (Wildman–Crippen MR) is 145 cm³/mol. The molecule has 0 saturated carbocycles. The van der Waals surface area contributed by atoms with E-state index >= 15 is 0 Å². The van der Waals surface area contributed by atoms with E-state index in [0.29, 0.717) is 6.42 Å². The van der Waals surface area contributed by atoms with Crippen LogP contribution < -0.4 is 5.73 Å². The van der Waals surface area contributed by atoms with Crippen LogP contribution in [0.25, 0.3) is 0 Å². The molecular formula is C30H55NO5. The monoisotopic (exact) mass is 509 g/mol. The van der Waals surface area contributed by atoms with E-state index in [4.69, 9.17) is 15.2 Å². The Morgan fingerprint density at radius 1 is 0.833 bits per heavy atom. The van der Waals surface area contributed by atoms with E-state index in [-0.39, 0.29) is 30.0 Å². The number of esters is 2. The SMILES string of the molecule is CCCCCCCCCCCCCCCCC[C@@H](C[C@@H]1OC(=O)[C@H]1CC)OC(=O)[C@H](C(N)=O)C(C)C. The van der Waals surface area contributed by atoms with E-state index in [1.165, 1.54) is 83.5 Å². The quantitative estimate of drug-likeness (QED) is 0.0888. The number of carbonyl (C=O) groups is 3. The minimum Gasteiger partial charge on any atom is -0.462 e. The first-order valence-corrected chi connectivity index (χ1v) is 15.0. The van der Waals surface area contributed by atoms with E-state index in [2.05, 4.69) is 6.92 Å². The van der Waals surface area contributed by atoms with Crippen molar-refractivity contribution in [2.75, 3.05) is 0 Å². The van der Waals surface area contributed by atoms with Crippen LogP contribution in [-0.2, 0) is 23.9 Å². The molecule has 1 aliphatic heterocycles. The Morgan fingerprint density at radius 3 is 1.69 bits per heavy atom. The second-order valence-corrected chi connectivity index (χ2v) is 11.1. The lowest BCUT2D eigenvalue weighted by molar-refractivity contribution is -0.190. The van der Waals surface area contributed by atoms with E-state index in [1.807, 2.05) is 6.92 Å². The normalized spacial score (nSPS) is 19.0. The fourth-order valence-corrected chi connectivity index (χ4v) is 5.22. The average molecular weight is 510 g/mol. The molecule has 1 saturated heterocycles. The maximum absolute atomic E-state index is 12.7. The zero-order valence-electron chi connectivity index (χ0n) is 23.7. The van der Waals surface area contributed by atoms with Crippen LogP contribution in [-0.4, -0.2) is 30.1 Å². The van der Waals surface area contributed by atoms with Crippen LogP contribution >= 0.6 is 0 Å². The molecule has 1 heterocycles. The highest BCUT2D eigenvalue weighted by Crippen LogP contribution is 2.31. The van der Waals surface area contributed by atoms with Crippen molar-refractivity contribution in [1.29, 1.82) is 0 Å². The summed E-state index contributed by atoms with van der Waals surface area (Å²) in [6, 6.07) is 0. The molecule has 0 unspecified atom stereocenters. The lowest BCUT2D eigenvalue weighted by Crippen LogP contribution is -2.47. The first-order chi connectivity index (χ1) is 17.3. The first-order valence-electron chi connectivity index (χ1n) is 15.0. The second-order valence-electron chi connectivity index (χ2n) is 11.1. The molecular weight excluding hydrogens is 454 g/mol. The van der Waals surface area contributed by atoms with Gasteiger partial charge in [0.25, 0.3) is 0 Å². The van der Waals surface area contributed by atoms with Gasteiger partial charge in [0.15, 0.2) is 0 Å². The molecule has 1 amide bonds. The molecule has 0 aromatic heterocycles. The van der Waals surface area contributed by atoms with Crippen LogP contribution in [0.2, 0.25) is 0 Å². The predicted octanol–water partition coefficient (Wildman–Crippen LogP) is 7.26. The maximum atomic E-state index is 12.7. The van der Waals surface area contributed by atoms with Gasteiger partial charge in [0.1, 0.15) is 18.1 Å². The van der Waals surface area contributed by atoms with Crippen LogP contribution in [0.4, 0.5) is 0 Å². The number of hydrogen-bond donors (Lipinski definition) is 1. The lowest BCUT2D eigenvalue weighted by atomic mass is 9.88. The largest absolute Gasteiger partial charge is 0.462 e. The van der Waals surface area contributed by atoms with Gasteiger partial charge in [0, 0.05) is 6.42 Å². The molecule has 1 rings (SSSR count). The van der Waals surface area contributed by atoms with Gasteiger partial charge in [-0.25, -0.2) is 0 Å². The zero-order valence-corrected chi connectivity index (χ0v) is 23.7. The number of primary amides is 1. The number of ether oxygens (including phenoxy) is 2. The van der Waals surface area contributed by atoms with Gasteiger partial charge in [-0.15, -0.1) is 0 Å². The molecule has 0 radical (unpaired) electrons. The highest BCUT2D eigenvalue weighted by Gasteiger charge is 2.43. The van der Waals surface area contributed by atoms with Crippen molar-refractivity contribution in [3.63, 3.8) is 0 Å². The molecule has 210 valence electrons. The summed E-state index contributed by atoms with van der Waals surface area (Å²) in [4.78, 5) is 36.1. The summed E-state index contributed by atoms with van der Waals surface area (Å²) in [5.74, 6) is -2.66. The van der Waals surface area contributed by atoms with Crippen molar-refractivity contribution in [3.05, 3.63) is 0 Å². The van der Waals surface area contributed by atoms with Crippen LogP contribution in [0.1, 0.15) is 143 Å². The summed E-state index contributed by atoms with van der Waals surface area (Å²) in [7, 11) is 0. The van der Waals surface area contributed by atoms with Gasteiger partial charge in [-0.05, 0) is 25.2 Å². The average Bonchev–Trinajstić information content (AvgIpc) is 2.80. The molecule has 0 spiro atoms. The van der Waals surface area contributed by atoms with Crippen molar-refractivity contribution >= 4 is 17.8 Å². The smallest absolute Gasteiger partial charge is 0.319 e. The molecule has 0 aromatic carbocycles. The lowest BCUT2D eigenvalue weighted by Gasteiger charge is -2.36. The molecule has 6 nitrogen and oxygen atoms in total. The number of rotatable bonds is 23. The number of nitrogens with two attached hydrogens (primary N) is 1. The molecule has 0 aromatic rings. The molecule has 1 fully saturated rings. The molecule has 0 aliphatic carbocycles. The maximum Gasteiger partial charge on any atom is 0.319 e. The van der Waals surface area contributed by atoms with Gasteiger partial charge < -0.3 is 15.2 Å². The third kappa shape index (κ3) is 13.1. The third-order valence-electron chi connectivity index (χ3n) is 7.59. The number of cyclic esters (lactones) is 1. The zero-order chi connectivity index (χ0) is 26.8. The fraction of sp³-hybridized carbons (Fsp3) is 0.900. The van der Waals surface area contributed by atoms with Crippen molar-refractivity contribution in [3.8, 4) is 0 Å². The highest BCUT2D eigenvalue weighted by atomic mass is 16.6. The van der Waals surface area contributed by atoms with Crippen molar-refractivity contribution in [2.45, 2.75) is 155 Å². The number of unbranched alkanes of at least 4 members (excludes halogenated alkanes) is 14. The minimum atomic E-state index is -0.945. The second kappa shape index (κ2) is 19.5.